The van der Waals surface area contributed by atoms with Gasteiger partial charge in [-0.1, -0.05) is 12.1 Å². The van der Waals surface area contributed by atoms with Gasteiger partial charge < -0.3 is 10.2 Å². The van der Waals surface area contributed by atoms with Crippen LogP contribution in [0, 0.1) is 0 Å². The van der Waals surface area contributed by atoms with Gasteiger partial charge in [0.25, 0.3) is 0 Å². The van der Waals surface area contributed by atoms with Crippen molar-refractivity contribution in [2.24, 2.45) is 7.05 Å². The summed E-state index contributed by atoms with van der Waals surface area (Å²) in [4.78, 5) is 2.16. The molecular formula is C14H20N4. The molecule has 0 bridgehead atoms. The summed E-state index contributed by atoms with van der Waals surface area (Å²) >= 11 is 0. The van der Waals surface area contributed by atoms with Gasteiger partial charge in [0.1, 0.15) is 0 Å². The van der Waals surface area contributed by atoms with Gasteiger partial charge in [0.15, 0.2) is 0 Å². The predicted molar refractivity (Wildman–Crippen MR) is 74.4 cm³/mol. The van der Waals surface area contributed by atoms with Crippen molar-refractivity contribution in [3.8, 4) is 0 Å². The first kappa shape index (κ1) is 12.6. The van der Waals surface area contributed by atoms with Gasteiger partial charge in [0, 0.05) is 25.5 Å². The number of hydrogen-bond acceptors (Lipinski definition) is 3. The van der Waals surface area contributed by atoms with Crippen LogP contribution in [0.4, 0.5) is 5.69 Å². The zero-order valence-electron chi connectivity index (χ0n) is 11.2. The molecule has 0 amide bonds. The van der Waals surface area contributed by atoms with Crippen molar-refractivity contribution in [2.75, 3.05) is 19.4 Å². The largest absolute Gasteiger partial charge is 0.379 e. The van der Waals surface area contributed by atoms with E-state index in [0.717, 1.165) is 18.8 Å². The molecule has 18 heavy (non-hydrogen) atoms. The Morgan fingerprint density at radius 2 is 1.89 bits per heavy atom. The van der Waals surface area contributed by atoms with Gasteiger partial charge in [-0.25, -0.2) is 0 Å². The van der Waals surface area contributed by atoms with Crippen LogP contribution in [0.2, 0.25) is 0 Å². The average molecular weight is 244 g/mol. The number of rotatable bonds is 5. The topological polar surface area (TPSA) is 33.1 Å². The van der Waals surface area contributed by atoms with E-state index in [9.17, 15) is 0 Å². The highest BCUT2D eigenvalue weighted by Gasteiger charge is 1.99. The predicted octanol–water partition coefficient (Wildman–Crippen LogP) is 2.09. The summed E-state index contributed by atoms with van der Waals surface area (Å²) in [6.07, 6.45) is 1.82. The maximum atomic E-state index is 4.15. The smallest absolute Gasteiger partial charge is 0.0571 e. The van der Waals surface area contributed by atoms with E-state index in [1.54, 1.807) is 0 Å². The minimum Gasteiger partial charge on any atom is -0.379 e. The Morgan fingerprint density at radius 1 is 1.17 bits per heavy atom. The van der Waals surface area contributed by atoms with Crippen molar-refractivity contribution in [1.29, 1.82) is 0 Å². The highest BCUT2D eigenvalue weighted by molar-refractivity contribution is 5.44. The summed E-state index contributed by atoms with van der Waals surface area (Å²) in [6, 6.07) is 10.6. The molecule has 0 unspecified atom stereocenters. The fourth-order valence-corrected chi connectivity index (χ4v) is 1.86. The SMILES string of the molecule is CN(C)Cc1ccc(NCc2ccnn2C)cc1. The van der Waals surface area contributed by atoms with Crippen molar-refractivity contribution in [2.45, 2.75) is 13.1 Å². The lowest BCUT2D eigenvalue weighted by molar-refractivity contribution is 0.402. The number of hydrogen-bond donors (Lipinski definition) is 1. The molecule has 0 fully saturated rings. The molecule has 4 heteroatoms. The number of benzene rings is 1. The molecule has 4 nitrogen and oxygen atoms in total. The van der Waals surface area contributed by atoms with Gasteiger partial charge >= 0.3 is 0 Å². The van der Waals surface area contributed by atoms with E-state index in [-0.39, 0.29) is 0 Å². The second kappa shape index (κ2) is 5.69. The summed E-state index contributed by atoms with van der Waals surface area (Å²) in [7, 11) is 6.11. The number of aromatic nitrogens is 2. The summed E-state index contributed by atoms with van der Waals surface area (Å²) in [6.45, 7) is 1.77. The summed E-state index contributed by atoms with van der Waals surface area (Å²) in [5.41, 5.74) is 3.64. The molecular weight excluding hydrogens is 224 g/mol. The molecule has 0 saturated carbocycles. The lowest BCUT2D eigenvalue weighted by Crippen LogP contribution is -2.10. The average Bonchev–Trinajstić information content (AvgIpc) is 2.73. The summed E-state index contributed by atoms with van der Waals surface area (Å²) in [5.74, 6) is 0. The third-order valence-corrected chi connectivity index (χ3v) is 2.85. The van der Waals surface area contributed by atoms with Gasteiger partial charge in [0.05, 0.1) is 12.2 Å². The monoisotopic (exact) mass is 244 g/mol. The van der Waals surface area contributed by atoms with Crippen LogP contribution in [0.3, 0.4) is 0 Å². The minimum atomic E-state index is 0.795. The maximum Gasteiger partial charge on any atom is 0.0571 e. The van der Waals surface area contributed by atoms with Crippen LogP contribution in [0.1, 0.15) is 11.3 Å². The van der Waals surface area contributed by atoms with Crippen LogP contribution in [-0.2, 0) is 20.1 Å². The van der Waals surface area contributed by atoms with Crippen LogP contribution >= 0.6 is 0 Å². The Hall–Kier alpha value is -1.81. The Kier molecular flexibility index (Phi) is 3.99. The molecule has 1 N–H and O–H groups in total. The van der Waals surface area contributed by atoms with Gasteiger partial charge in [-0.2, -0.15) is 5.10 Å². The van der Waals surface area contributed by atoms with Crippen LogP contribution in [0.15, 0.2) is 36.5 Å². The second-order valence-electron chi connectivity index (χ2n) is 4.73. The van der Waals surface area contributed by atoms with Gasteiger partial charge in [-0.3, -0.25) is 4.68 Å². The zero-order valence-corrected chi connectivity index (χ0v) is 11.2. The Balaban J connectivity index is 1.92. The zero-order chi connectivity index (χ0) is 13.0. The molecule has 0 spiro atoms. The molecule has 1 heterocycles. The van der Waals surface area contributed by atoms with E-state index in [1.165, 1.54) is 11.3 Å². The third-order valence-electron chi connectivity index (χ3n) is 2.85. The fourth-order valence-electron chi connectivity index (χ4n) is 1.86. The fraction of sp³-hybridized carbons (Fsp3) is 0.357. The molecule has 0 radical (unpaired) electrons. The summed E-state index contributed by atoms with van der Waals surface area (Å²) in [5, 5.41) is 7.54. The number of aryl methyl sites for hydroxylation is 1. The number of anilines is 1. The lowest BCUT2D eigenvalue weighted by Gasteiger charge is -2.11. The highest BCUT2D eigenvalue weighted by atomic mass is 15.3. The van der Waals surface area contributed by atoms with Crippen molar-refractivity contribution < 1.29 is 0 Å². The number of nitrogens with zero attached hydrogens (tertiary/aromatic N) is 3. The van der Waals surface area contributed by atoms with Crippen molar-refractivity contribution in [1.82, 2.24) is 14.7 Å². The molecule has 0 aliphatic carbocycles. The van der Waals surface area contributed by atoms with E-state index in [4.69, 9.17) is 0 Å². The van der Waals surface area contributed by atoms with Gasteiger partial charge in [0.2, 0.25) is 0 Å². The van der Waals surface area contributed by atoms with Crippen molar-refractivity contribution >= 4 is 5.69 Å². The van der Waals surface area contributed by atoms with Crippen molar-refractivity contribution in [3.63, 3.8) is 0 Å². The normalized spacial score (nSPS) is 10.9. The van der Waals surface area contributed by atoms with Crippen LogP contribution in [-0.4, -0.2) is 28.8 Å². The Labute approximate surface area is 108 Å². The van der Waals surface area contributed by atoms with Crippen LogP contribution < -0.4 is 5.32 Å². The van der Waals surface area contributed by atoms with Gasteiger partial charge in [-0.15, -0.1) is 0 Å². The molecule has 96 valence electrons. The van der Waals surface area contributed by atoms with Crippen molar-refractivity contribution in [3.05, 3.63) is 47.8 Å². The van der Waals surface area contributed by atoms with E-state index in [0.29, 0.717) is 0 Å². The molecule has 1 aromatic heterocycles. The molecule has 0 saturated heterocycles. The first-order valence-corrected chi connectivity index (χ1v) is 6.09. The molecule has 0 aliphatic heterocycles. The molecule has 2 rings (SSSR count). The van der Waals surface area contributed by atoms with E-state index >= 15 is 0 Å². The number of nitrogens with one attached hydrogen (secondary N) is 1. The van der Waals surface area contributed by atoms with Crippen LogP contribution in [0.5, 0.6) is 0 Å². The molecule has 1 aromatic carbocycles. The molecule has 2 aromatic rings. The van der Waals surface area contributed by atoms with Gasteiger partial charge in [-0.05, 0) is 37.9 Å². The van der Waals surface area contributed by atoms with E-state index in [2.05, 4.69) is 53.7 Å². The first-order chi connectivity index (χ1) is 8.65. The van der Waals surface area contributed by atoms with E-state index < -0.39 is 0 Å². The first-order valence-electron chi connectivity index (χ1n) is 6.09. The Bertz CT molecular complexity index is 485. The standard InChI is InChI=1S/C14H20N4/c1-17(2)11-12-4-6-13(7-5-12)15-10-14-8-9-16-18(14)3/h4-9,15H,10-11H2,1-3H3. The third kappa shape index (κ3) is 3.34. The molecule has 0 atom stereocenters. The van der Waals surface area contributed by atoms with Crippen LogP contribution in [0.25, 0.3) is 0 Å². The Morgan fingerprint density at radius 3 is 2.44 bits per heavy atom. The second-order valence-corrected chi connectivity index (χ2v) is 4.73. The highest BCUT2D eigenvalue weighted by Crippen LogP contribution is 2.11. The lowest BCUT2D eigenvalue weighted by atomic mass is 10.2. The summed E-state index contributed by atoms with van der Waals surface area (Å²) < 4.78 is 1.88. The minimum absolute atomic E-state index is 0.795. The molecule has 0 aliphatic rings. The van der Waals surface area contributed by atoms with E-state index in [1.807, 2.05) is 24.0 Å². The maximum absolute atomic E-state index is 4.15. The quantitative estimate of drug-likeness (QED) is 0.874.